The van der Waals surface area contributed by atoms with Gasteiger partial charge in [0, 0.05) is 37.0 Å². The second-order valence-corrected chi connectivity index (χ2v) is 8.67. The number of pyridine rings is 1. The maximum Gasteiger partial charge on any atom is 0.236 e. The van der Waals surface area contributed by atoms with Crippen LogP contribution < -0.4 is 15.5 Å². The van der Waals surface area contributed by atoms with Crippen molar-refractivity contribution >= 4 is 12.1 Å². The third-order valence-corrected chi connectivity index (χ3v) is 4.72. The van der Waals surface area contributed by atoms with Crippen molar-refractivity contribution in [1.29, 1.82) is 10.8 Å². The van der Waals surface area contributed by atoms with Gasteiger partial charge in [-0.05, 0) is 37.6 Å². The monoisotopic (exact) mass is 483 g/mol. The summed E-state index contributed by atoms with van der Waals surface area (Å²) >= 11 is 0. The van der Waals surface area contributed by atoms with Gasteiger partial charge in [-0.25, -0.2) is 0 Å². The molecule has 3 heterocycles. The zero-order valence-electron chi connectivity index (χ0n) is 21.0. The van der Waals surface area contributed by atoms with Crippen LogP contribution in [0.25, 0.3) is 0 Å². The number of hydrogen-bond donors (Lipinski definition) is 3. The fourth-order valence-corrected chi connectivity index (χ4v) is 2.80. The Balaban J connectivity index is 0.000000641. The van der Waals surface area contributed by atoms with Crippen molar-refractivity contribution < 1.29 is 18.8 Å². The fourth-order valence-electron chi connectivity index (χ4n) is 2.80. The van der Waals surface area contributed by atoms with Crippen LogP contribution in [-0.4, -0.2) is 59.4 Å². The summed E-state index contributed by atoms with van der Waals surface area (Å²) in [5.74, 6) is 0.759. The highest BCUT2D eigenvalue weighted by atomic mass is 16.5. The van der Waals surface area contributed by atoms with Crippen molar-refractivity contribution in [3.05, 3.63) is 64.2 Å². The molecule has 0 unspecified atom stereocenters. The number of rotatable bonds is 8. The summed E-state index contributed by atoms with van der Waals surface area (Å²) in [5.41, 5.74) is 1.80. The van der Waals surface area contributed by atoms with E-state index < -0.39 is 0 Å². The molecule has 0 radical (unpaired) electrons. The highest BCUT2D eigenvalue weighted by Crippen LogP contribution is 2.28. The molecule has 0 aliphatic heterocycles. The SMILES string of the molecule is CNCCOC.Cc1cc(C(=N)n2nc(OCc3ccc(C=O)cn3)c(C(C)(C)C)cc2=N)no1. The van der Waals surface area contributed by atoms with E-state index in [0.29, 0.717) is 22.9 Å². The molecule has 0 fully saturated rings. The molecule has 3 aromatic heterocycles. The van der Waals surface area contributed by atoms with Crippen LogP contribution in [0.3, 0.4) is 0 Å². The first-order valence-corrected chi connectivity index (χ1v) is 11.0. The van der Waals surface area contributed by atoms with Gasteiger partial charge in [0.25, 0.3) is 0 Å². The van der Waals surface area contributed by atoms with Crippen LogP contribution >= 0.6 is 0 Å². The fraction of sp³-hybridized carbons (Fsp3) is 0.417. The van der Waals surface area contributed by atoms with Crippen LogP contribution in [0.1, 0.15) is 53.8 Å². The van der Waals surface area contributed by atoms with Crippen LogP contribution in [0.2, 0.25) is 0 Å². The summed E-state index contributed by atoms with van der Waals surface area (Å²) in [6, 6.07) is 6.60. The van der Waals surface area contributed by atoms with Crippen molar-refractivity contribution in [2.75, 3.05) is 27.3 Å². The number of aldehydes is 1. The summed E-state index contributed by atoms with van der Waals surface area (Å²) in [7, 11) is 3.59. The summed E-state index contributed by atoms with van der Waals surface area (Å²) in [6.07, 6.45) is 2.20. The molecule has 35 heavy (non-hydrogen) atoms. The summed E-state index contributed by atoms with van der Waals surface area (Å²) < 4.78 is 16.8. The van der Waals surface area contributed by atoms with Crippen molar-refractivity contribution in [3.8, 4) is 5.88 Å². The predicted octanol–water partition coefficient (Wildman–Crippen LogP) is 2.47. The molecule has 3 N–H and O–H groups in total. The van der Waals surface area contributed by atoms with Crippen LogP contribution in [0.5, 0.6) is 5.88 Å². The quantitative estimate of drug-likeness (QED) is 0.191. The Labute approximate surface area is 204 Å². The molecule has 0 amide bonds. The molecule has 0 aliphatic rings. The molecule has 0 spiro atoms. The second-order valence-electron chi connectivity index (χ2n) is 8.67. The number of aryl methyl sites for hydroxylation is 1. The molecule has 0 bridgehead atoms. The highest BCUT2D eigenvalue weighted by molar-refractivity contribution is 5.95. The molecule has 3 rings (SSSR count). The molecule has 0 saturated carbocycles. The molecule has 0 aliphatic carbocycles. The van der Waals surface area contributed by atoms with E-state index >= 15 is 0 Å². The van der Waals surface area contributed by atoms with Crippen molar-refractivity contribution in [2.45, 2.75) is 39.7 Å². The molecule has 11 nitrogen and oxygen atoms in total. The number of nitrogens with zero attached hydrogens (tertiary/aromatic N) is 4. The zero-order chi connectivity index (χ0) is 26.0. The van der Waals surface area contributed by atoms with Crippen LogP contribution in [0, 0.1) is 17.7 Å². The maximum atomic E-state index is 10.8. The van der Waals surface area contributed by atoms with Gasteiger partial charge in [0.15, 0.2) is 17.8 Å². The van der Waals surface area contributed by atoms with Crippen LogP contribution in [0.15, 0.2) is 35.0 Å². The number of aromatic nitrogens is 4. The van der Waals surface area contributed by atoms with E-state index in [4.69, 9.17) is 24.8 Å². The van der Waals surface area contributed by atoms with E-state index in [1.165, 1.54) is 6.20 Å². The minimum atomic E-state index is -0.335. The van der Waals surface area contributed by atoms with E-state index in [1.54, 1.807) is 38.3 Å². The average molecular weight is 484 g/mol. The third-order valence-electron chi connectivity index (χ3n) is 4.72. The minimum absolute atomic E-state index is 0.0291. The molecule has 11 heteroatoms. The highest BCUT2D eigenvalue weighted by Gasteiger charge is 2.23. The third kappa shape index (κ3) is 7.94. The number of carbonyl (C=O) groups excluding carboxylic acids is 1. The van der Waals surface area contributed by atoms with Gasteiger partial charge >= 0.3 is 0 Å². The second kappa shape index (κ2) is 12.7. The normalized spacial score (nSPS) is 10.9. The lowest BCUT2D eigenvalue weighted by molar-refractivity contribution is 0.112. The summed E-state index contributed by atoms with van der Waals surface area (Å²) in [6.45, 7) is 9.57. The van der Waals surface area contributed by atoms with E-state index in [1.807, 2.05) is 27.8 Å². The average Bonchev–Trinajstić information content (AvgIpc) is 3.27. The lowest BCUT2D eigenvalue weighted by Gasteiger charge is -2.22. The Morgan fingerprint density at radius 3 is 2.51 bits per heavy atom. The first-order valence-electron chi connectivity index (χ1n) is 11.0. The largest absolute Gasteiger partial charge is 0.470 e. The lowest BCUT2D eigenvalue weighted by atomic mass is 9.88. The minimum Gasteiger partial charge on any atom is -0.470 e. The topological polar surface area (TPSA) is 152 Å². The molecular formula is C24H33N7O4. The molecule has 0 aromatic carbocycles. The van der Waals surface area contributed by atoms with Crippen molar-refractivity contribution in [3.63, 3.8) is 0 Å². The Hall–Kier alpha value is -3.70. The van der Waals surface area contributed by atoms with E-state index in [2.05, 4.69) is 20.6 Å². The van der Waals surface area contributed by atoms with Gasteiger partial charge in [-0.15, -0.1) is 5.10 Å². The number of methoxy groups -OCH3 is 1. The lowest BCUT2D eigenvalue weighted by Crippen LogP contribution is -2.32. The standard InChI is InChI=1S/C20H22N6O3.C4H11NO/c1-12-7-16(25-29-12)18(22)26-17(21)8-15(20(2,3)4)19(24-26)28-11-14-6-5-13(10-27)9-23-14;1-5-3-4-6-2/h5-10,21-22H,11H2,1-4H3;5H,3-4H2,1-2H3. The molecule has 3 aromatic rings. The van der Waals surface area contributed by atoms with Crippen LogP contribution in [0.4, 0.5) is 0 Å². The number of carbonyl (C=O) groups is 1. The van der Waals surface area contributed by atoms with Gasteiger partial charge in [0.2, 0.25) is 5.88 Å². The first-order chi connectivity index (χ1) is 16.6. The molecule has 0 atom stereocenters. The zero-order valence-corrected chi connectivity index (χ0v) is 21.0. The van der Waals surface area contributed by atoms with Gasteiger partial charge in [-0.3, -0.25) is 20.6 Å². The van der Waals surface area contributed by atoms with Gasteiger partial charge in [0.05, 0.1) is 12.3 Å². The Bertz CT molecular complexity index is 1170. The Kier molecular flexibility index (Phi) is 9.98. The first kappa shape index (κ1) is 27.5. The van der Waals surface area contributed by atoms with Gasteiger partial charge in [-0.2, -0.15) is 4.68 Å². The number of hydrogen-bond acceptors (Lipinski definition) is 10. The van der Waals surface area contributed by atoms with Crippen LogP contribution in [-0.2, 0) is 16.8 Å². The van der Waals surface area contributed by atoms with E-state index in [9.17, 15) is 4.79 Å². The summed E-state index contributed by atoms with van der Waals surface area (Å²) in [5, 5.41) is 27.8. The molecule has 188 valence electrons. The Morgan fingerprint density at radius 1 is 1.29 bits per heavy atom. The van der Waals surface area contributed by atoms with Gasteiger partial charge in [0.1, 0.15) is 17.9 Å². The number of likely N-dealkylation sites (N-methyl/N-ethyl adjacent to an activating group) is 1. The Morgan fingerprint density at radius 2 is 2.03 bits per heavy atom. The smallest absolute Gasteiger partial charge is 0.236 e. The van der Waals surface area contributed by atoms with E-state index in [0.717, 1.165) is 29.7 Å². The van der Waals surface area contributed by atoms with Gasteiger partial charge < -0.3 is 19.3 Å². The predicted molar refractivity (Wildman–Crippen MR) is 130 cm³/mol. The maximum absolute atomic E-state index is 10.8. The van der Waals surface area contributed by atoms with Gasteiger partial charge in [-0.1, -0.05) is 25.9 Å². The molecule has 0 saturated heterocycles. The molecular weight excluding hydrogens is 450 g/mol. The number of nitrogens with one attached hydrogen (secondary N) is 3. The van der Waals surface area contributed by atoms with Crippen molar-refractivity contribution in [2.24, 2.45) is 0 Å². The number of ether oxygens (including phenoxy) is 2. The van der Waals surface area contributed by atoms with Crippen molar-refractivity contribution in [1.82, 2.24) is 25.2 Å². The summed E-state index contributed by atoms with van der Waals surface area (Å²) in [4.78, 5) is 15.0. The van der Waals surface area contributed by atoms with E-state index in [-0.39, 0.29) is 29.0 Å².